The lowest BCUT2D eigenvalue weighted by Crippen LogP contribution is -2.29. The minimum Gasteiger partial charge on any atom is -0.481 e. The fourth-order valence-electron chi connectivity index (χ4n) is 1.97. The smallest absolute Gasteiger partial charge is 0.326 e. The highest BCUT2D eigenvalue weighted by atomic mass is 16.5. The van der Waals surface area contributed by atoms with Crippen molar-refractivity contribution in [2.45, 2.75) is 18.9 Å². The van der Waals surface area contributed by atoms with Gasteiger partial charge in [0, 0.05) is 12.1 Å². The zero-order valence-corrected chi connectivity index (χ0v) is 12.3. The Hall–Kier alpha value is -3.02. The molecule has 0 aliphatic rings. The van der Waals surface area contributed by atoms with E-state index in [-0.39, 0.29) is 12.8 Å². The first-order valence-corrected chi connectivity index (χ1v) is 7.08. The van der Waals surface area contributed by atoms with Crippen molar-refractivity contribution in [3.05, 3.63) is 54.6 Å². The summed E-state index contributed by atoms with van der Waals surface area (Å²) in [5.41, 5.74) is 0.586. The summed E-state index contributed by atoms with van der Waals surface area (Å²) < 4.78 is 5.64. The summed E-state index contributed by atoms with van der Waals surface area (Å²) in [6.07, 6.45) is -0.202. The number of hydrogen-bond acceptors (Lipinski definition) is 4. The van der Waals surface area contributed by atoms with Crippen molar-refractivity contribution in [3.8, 4) is 11.5 Å². The highest BCUT2D eigenvalue weighted by Crippen LogP contribution is 2.23. The molecule has 0 fully saturated rings. The van der Waals surface area contributed by atoms with Crippen LogP contribution < -0.4 is 10.1 Å². The minimum atomic E-state index is -1.09. The molecule has 6 heteroatoms. The topological polar surface area (TPSA) is 95.9 Å². The Morgan fingerprint density at radius 1 is 0.957 bits per heavy atom. The van der Waals surface area contributed by atoms with E-state index in [4.69, 9.17) is 14.9 Å². The van der Waals surface area contributed by atoms with Crippen LogP contribution in [0.4, 0.5) is 5.69 Å². The van der Waals surface area contributed by atoms with Crippen molar-refractivity contribution in [2.75, 3.05) is 5.32 Å². The summed E-state index contributed by atoms with van der Waals surface area (Å²) >= 11 is 0. The lowest BCUT2D eigenvalue weighted by atomic mass is 10.1. The third kappa shape index (κ3) is 5.35. The van der Waals surface area contributed by atoms with Crippen LogP contribution in [0.15, 0.2) is 54.6 Å². The van der Waals surface area contributed by atoms with Crippen LogP contribution in [-0.4, -0.2) is 28.2 Å². The van der Waals surface area contributed by atoms with Crippen molar-refractivity contribution in [1.29, 1.82) is 0 Å². The maximum absolute atomic E-state index is 11.1. The van der Waals surface area contributed by atoms with Gasteiger partial charge in [0.05, 0.1) is 0 Å². The molecule has 3 N–H and O–H groups in total. The molecule has 0 saturated heterocycles. The zero-order valence-electron chi connectivity index (χ0n) is 12.3. The van der Waals surface area contributed by atoms with Gasteiger partial charge >= 0.3 is 11.9 Å². The van der Waals surface area contributed by atoms with Crippen molar-refractivity contribution < 1.29 is 24.5 Å². The molecule has 2 rings (SSSR count). The number of carbonyl (C=O) groups is 2. The Morgan fingerprint density at radius 3 is 2.13 bits per heavy atom. The van der Waals surface area contributed by atoms with Crippen LogP contribution in [-0.2, 0) is 9.59 Å². The van der Waals surface area contributed by atoms with Crippen LogP contribution in [0.3, 0.4) is 0 Å². The highest BCUT2D eigenvalue weighted by molar-refractivity contribution is 5.78. The van der Waals surface area contributed by atoms with Crippen LogP contribution in [0, 0.1) is 0 Å². The van der Waals surface area contributed by atoms with Crippen LogP contribution >= 0.6 is 0 Å². The van der Waals surface area contributed by atoms with Crippen molar-refractivity contribution in [3.63, 3.8) is 0 Å². The number of hydrogen-bond donors (Lipinski definition) is 3. The Kier molecular flexibility index (Phi) is 5.57. The highest BCUT2D eigenvalue weighted by Gasteiger charge is 2.18. The molecule has 0 radical (unpaired) electrons. The molecule has 2 aromatic carbocycles. The van der Waals surface area contributed by atoms with Gasteiger partial charge in [-0.2, -0.15) is 0 Å². The summed E-state index contributed by atoms with van der Waals surface area (Å²) in [6, 6.07) is 15.1. The lowest BCUT2D eigenvalue weighted by Gasteiger charge is -2.15. The van der Waals surface area contributed by atoms with Gasteiger partial charge in [-0.15, -0.1) is 0 Å². The Morgan fingerprint density at radius 2 is 1.57 bits per heavy atom. The molecule has 0 spiro atoms. The molecule has 23 heavy (non-hydrogen) atoms. The largest absolute Gasteiger partial charge is 0.481 e. The number of benzene rings is 2. The number of nitrogens with one attached hydrogen (secondary N) is 1. The van der Waals surface area contributed by atoms with E-state index in [1.165, 1.54) is 0 Å². The van der Waals surface area contributed by atoms with E-state index in [1.807, 2.05) is 30.3 Å². The van der Waals surface area contributed by atoms with Gasteiger partial charge in [-0.1, -0.05) is 18.2 Å². The second-order valence-electron chi connectivity index (χ2n) is 4.91. The first kappa shape index (κ1) is 16.4. The second-order valence-corrected chi connectivity index (χ2v) is 4.91. The molecule has 0 aliphatic carbocycles. The van der Waals surface area contributed by atoms with E-state index < -0.39 is 18.0 Å². The monoisotopic (exact) mass is 315 g/mol. The van der Waals surface area contributed by atoms with Crippen LogP contribution in [0.25, 0.3) is 0 Å². The summed E-state index contributed by atoms with van der Waals surface area (Å²) in [5, 5.41) is 20.6. The fourth-order valence-corrected chi connectivity index (χ4v) is 1.97. The Labute approximate surface area is 133 Å². The number of para-hydroxylation sites is 1. The summed E-state index contributed by atoms with van der Waals surface area (Å²) in [6.45, 7) is 0. The van der Waals surface area contributed by atoms with Gasteiger partial charge in [0.15, 0.2) is 0 Å². The SMILES string of the molecule is O=C(O)CC[C@H](Nc1ccc(Oc2ccccc2)cc1)C(=O)O. The predicted octanol–water partition coefficient (Wildman–Crippen LogP) is 3.21. The molecule has 0 amide bonds. The van der Waals surface area contributed by atoms with Crippen LogP contribution in [0.5, 0.6) is 11.5 Å². The predicted molar refractivity (Wildman–Crippen MR) is 84.9 cm³/mol. The maximum atomic E-state index is 11.1. The molecular weight excluding hydrogens is 298 g/mol. The molecule has 1 atom stereocenters. The normalized spacial score (nSPS) is 11.5. The first-order valence-electron chi connectivity index (χ1n) is 7.08. The average Bonchev–Trinajstić information content (AvgIpc) is 2.53. The van der Waals surface area contributed by atoms with Gasteiger partial charge < -0.3 is 20.3 Å². The van der Waals surface area contributed by atoms with E-state index >= 15 is 0 Å². The number of anilines is 1. The third-order valence-electron chi connectivity index (χ3n) is 3.12. The number of aliphatic carboxylic acids is 2. The number of rotatable bonds is 8. The Bertz CT molecular complexity index is 654. The summed E-state index contributed by atoms with van der Waals surface area (Å²) in [7, 11) is 0. The average molecular weight is 315 g/mol. The molecule has 0 bridgehead atoms. The van der Waals surface area contributed by atoms with Crippen molar-refractivity contribution in [1.82, 2.24) is 0 Å². The van der Waals surface area contributed by atoms with E-state index in [0.717, 1.165) is 0 Å². The molecule has 6 nitrogen and oxygen atoms in total. The number of carboxylic acids is 2. The van der Waals surface area contributed by atoms with E-state index in [9.17, 15) is 9.59 Å². The number of carboxylic acid groups (broad SMARTS) is 2. The van der Waals surface area contributed by atoms with Gasteiger partial charge in [-0.25, -0.2) is 4.79 Å². The lowest BCUT2D eigenvalue weighted by molar-refractivity contribution is -0.139. The van der Waals surface area contributed by atoms with E-state index in [0.29, 0.717) is 17.2 Å². The van der Waals surface area contributed by atoms with Crippen molar-refractivity contribution in [2.24, 2.45) is 0 Å². The van der Waals surface area contributed by atoms with Gasteiger partial charge in [-0.05, 0) is 42.8 Å². The molecular formula is C17H17NO5. The van der Waals surface area contributed by atoms with Gasteiger partial charge in [0.2, 0.25) is 0 Å². The van der Waals surface area contributed by atoms with Crippen LogP contribution in [0.2, 0.25) is 0 Å². The third-order valence-corrected chi connectivity index (χ3v) is 3.12. The van der Waals surface area contributed by atoms with Crippen molar-refractivity contribution >= 4 is 17.6 Å². The minimum absolute atomic E-state index is 0.00688. The van der Waals surface area contributed by atoms with E-state index in [2.05, 4.69) is 5.32 Å². The maximum Gasteiger partial charge on any atom is 0.326 e. The molecule has 2 aromatic rings. The van der Waals surface area contributed by atoms with Gasteiger partial charge in [0.1, 0.15) is 17.5 Å². The molecule has 0 heterocycles. The molecule has 0 saturated carbocycles. The van der Waals surface area contributed by atoms with Gasteiger partial charge in [-0.3, -0.25) is 4.79 Å². The van der Waals surface area contributed by atoms with E-state index in [1.54, 1.807) is 24.3 Å². The molecule has 120 valence electrons. The Balaban J connectivity index is 1.97. The molecule has 0 aromatic heterocycles. The quantitative estimate of drug-likeness (QED) is 0.692. The molecule has 0 aliphatic heterocycles. The molecule has 0 unspecified atom stereocenters. The zero-order chi connectivity index (χ0) is 16.7. The number of ether oxygens (including phenoxy) is 1. The standard InChI is InChI=1S/C17H17NO5/c19-16(20)11-10-15(17(21)22)18-12-6-8-14(9-7-12)23-13-4-2-1-3-5-13/h1-9,15,18H,10-11H2,(H,19,20)(H,21,22)/t15-/m0/s1. The van der Waals surface area contributed by atoms with Gasteiger partial charge in [0.25, 0.3) is 0 Å². The second kappa shape index (κ2) is 7.84. The summed E-state index contributed by atoms with van der Waals surface area (Å²) in [4.78, 5) is 21.7. The first-order chi connectivity index (χ1) is 11.0. The van der Waals surface area contributed by atoms with Crippen LogP contribution in [0.1, 0.15) is 12.8 Å². The fraction of sp³-hybridized carbons (Fsp3) is 0.176. The summed E-state index contributed by atoms with van der Waals surface area (Å²) in [5.74, 6) is -0.780.